The minimum absolute atomic E-state index is 0.143. The van der Waals surface area contributed by atoms with Crippen molar-refractivity contribution in [1.29, 1.82) is 0 Å². The predicted octanol–water partition coefficient (Wildman–Crippen LogP) is 2.39. The second kappa shape index (κ2) is 8.09. The van der Waals surface area contributed by atoms with Gasteiger partial charge in [0.2, 0.25) is 10.0 Å². The number of hydrogen-bond donors (Lipinski definition) is 0. The molecule has 1 atom stereocenters. The lowest BCUT2D eigenvalue weighted by atomic mass is 10.0. The third-order valence-corrected chi connectivity index (χ3v) is 6.41. The van der Waals surface area contributed by atoms with Gasteiger partial charge >= 0.3 is 0 Å². The molecule has 0 radical (unpaired) electrons. The number of para-hydroxylation sites is 2. The average molecular weight is 379 g/mol. The number of aryl methyl sites for hydroxylation is 1. The van der Waals surface area contributed by atoms with Crippen LogP contribution in [-0.2, 0) is 16.6 Å². The maximum absolute atomic E-state index is 12.8. The number of benzene rings is 1. The first kappa shape index (κ1) is 18.7. The van der Waals surface area contributed by atoms with E-state index in [1.54, 1.807) is 22.3 Å². The van der Waals surface area contributed by atoms with E-state index in [4.69, 9.17) is 9.47 Å². The molecule has 1 aliphatic heterocycles. The Hall–Kier alpha value is -2.06. The molecule has 2 aromatic rings. The van der Waals surface area contributed by atoms with Crippen LogP contribution in [0.5, 0.6) is 11.5 Å². The molecule has 0 bridgehead atoms. The molecule has 0 aliphatic carbocycles. The van der Waals surface area contributed by atoms with Crippen molar-refractivity contribution in [3.8, 4) is 11.5 Å². The van der Waals surface area contributed by atoms with Gasteiger partial charge < -0.3 is 9.47 Å². The van der Waals surface area contributed by atoms with Gasteiger partial charge in [-0.05, 0) is 31.9 Å². The van der Waals surface area contributed by atoms with Gasteiger partial charge in [-0.25, -0.2) is 8.42 Å². The molecule has 26 heavy (non-hydrogen) atoms. The minimum atomic E-state index is -3.51. The molecule has 7 nitrogen and oxygen atoms in total. The Bertz CT molecular complexity index is 834. The van der Waals surface area contributed by atoms with Crippen molar-refractivity contribution < 1.29 is 17.9 Å². The SMILES string of the molecule is CCn1cc(S(=O)(=O)N2CCCC(COc3ccccc3OC)C2)cn1. The summed E-state index contributed by atoms with van der Waals surface area (Å²) in [7, 11) is -1.91. The van der Waals surface area contributed by atoms with Gasteiger partial charge in [-0.3, -0.25) is 4.68 Å². The summed E-state index contributed by atoms with van der Waals surface area (Å²) in [6, 6.07) is 7.48. The van der Waals surface area contributed by atoms with E-state index in [-0.39, 0.29) is 10.8 Å². The molecule has 0 saturated carbocycles. The fourth-order valence-electron chi connectivity index (χ4n) is 3.13. The number of nitrogens with zero attached hydrogens (tertiary/aromatic N) is 3. The van der Waals surface area contributed by atoms with Gasteiger partial charge in [0.1, 0.15) is 4.90 Å². The molecule has 142 valence electrons. The highest BCUT2D eigenvalue weighted by Gasteiger charge is 2.31. The van der Waals surface area contributed by atoms with Gasteiger partial charge in [0.15, 0.2) is 11.5 Å². The summed E-state index contributed by atoms with van der Waals surface area (Å²) in [6.07, 6.45) is 4.77. The zero-order valence-electron chi connectivity index (χ0n) is 15.2. The summed E-state index contributed by atoms with van der Waals surface area (Å²) in [5.74, 6) is 1.50. The Labute approximate surface area is 154 Å². The van der Waals surface area contributed by atoms with Crippen LogP contribution in [0.1, 0.15) is 19.8 Å². The van der Waals surface area contributed by atoms with Crippen molar-refractivity contribution in [3.05, 3.63) is 36.7 Å². The average Bonchev–Trinajstić information content (AvgIpc) is 3.17. The lowest BCUT2D eigenvalue weighted by molar-refractivity contribution is 0.176. The van der Waals surface area contributed by atoms with Gasteiger partial charge in [-0.1, -0.05) is 12.1 Å². The third-order valence-electron chi connectivity index (χ3n) is 4.60. The lowest BCUT2D eigenvalue weighted by Gasteiger charge is -2.31. The van der Waals surface area contributed by atoms with Gasteiger partial charge in [0, 0.05) is 31.7 Å². The molecule has 1 aliphatic rings. The molecular weight excluding hydrogens is 354 g/mol. The number of piperidine rings is 1. The fourth-order valence-corrected chi connectivity index (χ4v) is 4.64. The smallest absolute Gasteiger partial charge is 0.246 e. The molecule has 1 saturated heterocycles. The lowest BCUT2D eigenvalue weighted by Crippen LogP contribution is -2.41. The van der Waals surface area contributed by atoms with E-state index in [9.17, 15) is 8.42 Å². The Balaban J connectivity index is 1.65. The van der Waals surface area contributed by atoms with E-state index in [0.29, 0.717) is 37.7 Å². The minimum Gasteiger partial charge on any atom is -0.493 e. The van der Waals surface area contributed by atoms with Gasteiger partial charge in [0.05, 0.1) is 19.9 Å². The molecule has 1 fully saturated rings. The van der Waals surface area contributed by atoms with Crippen molar-refractivity contribution in [1.82, 2.24) is 14.1 Å². The van der Waals surface area contributed by atoms with E-state index in [1.165, 1.54) is 6.20 Å². The molecular formula is C18H25N3O4S. The highest BCUT2D eigenvalue weighted by atomic mass is 32.2. The van der Waals surface area contributed by atoms with Crippen molar-refractivity contribution >= 4 is 10.0 Å². The van der Waals surface area contributed by atoms with E-state index in [2.05, 4.69) is 5.10 Å². The van der Waals surface area contributed by atoms with Crippen LogP contribution in [0.3, 0.4) is 0 Å². The van der Waals surface area contributed by atoms with Crippen LogP contribution in [-0.4, -0.2) is 49.3 Å². The van der Waals surface area contributed by atoms with Crippen molar-refractivity contribution in [3.63, 3.8) is 0 Å². The number of sulfonamides is 1. The van der Waals surface area contributed by atoms with Crippen molar-refractivity contribution in [2.45, 2.75) is 31.2 Å². The molecule has 3 rings (SSSR count). The summed E-state index contributed by atoms with van der Waals surface area (Å²) >= 11 is 0. The van der Waals surface area contributed by atoms with Gasteiger partial charge in [0.25, 0.3) is 0 Å². The van der Waals surface area contributed by atoms with Crippen molar-refractivity contribution in [2.75, 3.05) is 26.8 Å². The highest BCUT2D eigenvalue weighted by Crippen LogP contribution is 2.28. The Morgan fingerprint density at radius 1 is 1.27 bits per heavy atom. The highest BCUT2D eigenvalue weighted by molar-refractivity contribution is 7.89. The van der Waals surface area contributed by atoms with E-state index in [1.807, 2.05) is 31.2 Å². The normalized spacial score (nSPS) is 18.6. The van der Waals surface area contributed by atoms with Crippen LogP contribution in [0.15, 0.2) is 41.6 Å². The van der Waals surface area contributed by atoms with Gasteiger partial charge in [-0.2, -0.15) is 9.40 Å². The molecule has 1 aromatic heterocycles. The molecule has 2 heterocycles. The Morgan fingerprint density at radius 2 is 2.04 bits per heavy atom. The van der Waals surface area contributed by atoms with Crippen LogP contribution in [0.25, 0.3) is 0 Å². The van der Waals surface area contributed by atoms with Crippen LogP contribution in [0, 0.1) is 5.92 Å². The number of methoxy groups -OCH3 is 1. The maximum atomic E-state index is 12.8. The van der Waals surface area contributed by atoms with Crippen LogP contribution >= 0.6 is 0 Å². The summed E-state index contributed by atoms with van der Waals surface area (Å²) in [5, 5.41) is 4.08. The Kier molecular flexibility index (Phi) is 5.83. The number of aromatic nitrogens is 2. The second-order valence-electron chi connectivity index (χ2n) is 6.36. The fraction of sp³-hybridized carbons (Fsp3) is 0.500. The van der Waals surface area contributed by atoms with Crippen LogP contribution in [0.2, 0.25) is 0 Å². The predicted molar refractivity (Wildman–Crippen MR) is 97.9 cm³/mol. The summed E-state index contributed by atoms with van der Waals surface area (Å²) < 4.78 is 40.1. The van der Waals surface area contributed by atoms with Crippen molar-refractivity contribution in [2.24, 2.45) is 5.92 Å². The molecule has 0 N–H and O–H groups in total. The van der Waals surface area contributed by atoms with Crippen LogP contribution < -0.4 is 9.47 Å². The maximum Gasteiger partial charge on any atom is 0.246 e. The van der Waals surface area contributed by atoms with Gasteiger partial charge in [-0.15, -0.1) is 0 Å². The zero-order valence-corrected chi connectivity index (χ0v) is 16.0. The first-order valence-electron chi connectivity index (χ1n) is 8.83. The third kappa shape index (κ3) is 4.02. The Morgan fingerprint density at radius 3 is 2.73 bits per heavy atom. The zero-order chi connectivity index (χ0) is 18.6. The number of ether oxygens (including phenoxy) is 2. The largest absolute Gasteiger partial charge is 0.493 e. The first-order chi connectivity index (χ1) is 12.5. The first-order valence-corrected chi connectivity index (χ1v) is 10.3. The van der Waals surface area contributed by atoms with E-state index >= 15 is 0 Å². The monoisotopic (exact) mass is 379 g/mol. The standard InChI is InChI=1S/C18H25N3O4S/c1-3-20-13-16(11-19-20)26(22,23)21-10-6-7-15(12-21)14-25-18-9-5-4-8-17(18)24-2/h4-5,8-9,11,13,15H,3,6-7,10,12,14H2,1-2H3. The molecule has 8 heteroatoms. The van der Waals surface area contributed by atoms with E-state index in [0.717, 1.165) is 12.8 Å². The van der Waals surface area contributed by atoms with Crippen LogP contribution in [0.4, 0.5) is 0 Å². The quantitative estimate of drug-likeness (QED) is 0.738. The summed E-state index contributed by atoms with van der Waals surface area (Å²) in [5.41, 5.74) is 0. The van der Waals surface area contributed by atoms with E-state index < -0.39 is 10.0 Å². The number of rotatable bonds is 7. The molecule has 0 amide bonds. The summed E-state index contributed by atoms with van der Waals surface area (Å²) in [4.78, 5) is 0.255. The number of hydrogen-bond acceptors (Lipinski definition) is 5. The topological polar surface area (TPSA) is 73.7 Å². The summed E-state index contributed by atoms with van der Waals surface area (Å²) in [6.45, 7) is 4.01. The second-order valence-corrected chi connectivity index (χ2v) is 8.30. The molecule has 1 unspecified atom stereocenters. The molecule has 0 spiro atoms. The molecule has 1 aromatic carbocycles.